The molecule has 0 unspecified atom stereocenters. The molecule has 0 spiro atoms. The molecule has 2 aromatic carbocycles. The van der Waals surface area contributed by atoms with Crippen molar-refractivity contribution >= 4 is 17.2 Å². The van der Waals surface area contributed by atoms with Gasteiger partial charge in [0.2, 0.25) is 0 Å². The number of nitrogens with zero attached hydrogens (tertiary/aromatic N) is 2. The van der Waals surface area contributed by atoms with E-state index in [4.69, 9.17) is 9.15 Å². The number of methoxy groups -OCH3 is 1. The predicted octanol–water partition coefficient (Wildman–Crippen LogP) is 5.25. The van der Waals surface area contributed by atoms with E-state index in [0.29, 0.717) is 18.8 Å². The van der Waals surface area contributed by atoms with Gasteiger partial charge < -0.3 is 14.1 Å². The molecule has 0 saturated carbocycles. The summed E-state index contributed by atoms with van der Waals surface area (Å²) >= 11 is 1.43. The number of thiazole rings is 1. The first-order chi connectivity index (χ1) is 14.2. The van der Waals surface area contributed by atoms with Gasteiger partial charge in [0, 0.05) is 11.9 Å². The molecule has 0 radical (unpaired) electrons. The minimum absolute atomic E-state index is 0.136. The Morgan fingerprint density at radius 1 is 1.03 bits per heavy atom. The summed E-state index contributed by atoms with van der Waals surface area (Å²) in [6, 6.07) is 21.3. The second-order valence-corrected chi connectivity index (χ2v) is 7.32. The minimum atomic E-state index is -0.136. The molecule has 0 atom stereocenters. The molecule has 0 aliphatic heterocycles. The van der Waals surface area contributed by atoms with Crippen LogP contribution in [0.1, 0.15) is 21.8 Å². The van der Waals surface area contributed by atoms with Gasteiger partial charge in [-0.05, 0) is 29.8 Å². The Morgan fingerprint density at radius 3 is 2.59 bits per heavy atom. The highest BCUT2D eigenvalue weighted by Crippen LogP contribution is 2.32. The molecule has 0 saturated heterocycles. The second kappa shape index (κ2) is 8.75. The number of carbonyl (C=O) groups excluding carboxylic acids is 1. The first-order valence-electron chi connectivity index (χ1n) is 9.19. The average Bonchev–Trinajstić information content (AvgIpc) is 3.46. The number of hydrogen-bond donors (Lipinski definition) is 0. The van der Waals surface area contributed by atoms with Gasteiger partial charge in [-0.15, -0.1) is 11.3 Å². The lowest BCUT2D eigenvalue weighted by molar-refractivity contribution is 0.0712. The van der Waals surface area contributed by atoms with Gasteiger partial charge in [-0.1, -0.05) is 42.5 Å². The van der Waals surface area contributed by atoms with Gasteiger partial charge in [0.25, 0.3) is 5.91 Å². The number of hydrogen-bond acceptors (Lipinski definition) is 5. The van der Waals surface area contributed by atoms with Crippen molar-refractivity contribution < 1.29 is 13.9 Å². The van der Waals surface area contributed by atoms with Gasteiger partial charge in [-0.25, -0.2) is 4.98 Å². The Bertz CT molecular complexity index is 1070. The minimum Gasteiger partial charge on any atom is -0.496 e. The highest BCUT2D eigenvalue weighted by atomic mass is 32.1. The molecule has 4 rings (SSSR count). The van der Waals surface area contributed by atoms with Gasteiger partial charge >= 0.3 is 0 Å². The average molecular weight is 404 g/mol. The van der Waals surface area contributed by atoms with Crippen LogP contribution in [0.25, 0.3) is 10.6 Å². The number of furan rings is 1. The Hall–Kier alpha value is -3.38. The summed E-state index contributed by atoms with van der Waals surface area (Å²) in [6.45, 7) is 0.851. The predicted molar refractivity (Wildman–Crippen MR) is 113 cm³/mol. The highest BCUT2D eigenvalue weighted by molar-refractivity contribution is 7.13. The van der Waals surface area contributed by atoms with Crippen LogP contribution in [0.5, 0.6) is 5.75 Å². The monoisotopic (exact) mass is 404 g/mol. The third kappa shape index (κ3) is 4.38. The van der Waals surface area contributed by atoms with Crippen LogP contribution in [0, 0.1) is 0 Å². The maximum absolute atomic E-state index is 13.3. The lowest BCUT2D eigenvalue weighted by Gasteiger charge is -2.21. The van der Waals surface area contributed by atoms with Gasteiger partial charge in [0.1, 0.15) is 22.2 Å². The fraction of sp³-hybridized carbons (Fsp3) is 0.130. The van der Waals surface area contributed by atoms with E-state index < -0.39 is 0 Å². The first-order valence-corrected chi connectivity index (χ1v) is 10.1. The van der Waals surface area contributed by atoms with Crippen LogP contribution < -0.4 is 4.74 Å². The summed E-state index contributed by atoms with van der Waals surface area (Å²) in [5, 5.41) is 2.55. The molecule has 2 heterocycles. The molecule has 0 aliphatic rings. The fourth-order valence-corrected chi connectivity index (χ4v) is 3.90. The first kappa shape index (κ1) is 19.0. The summed E-state index contributed by atoms with van der Waals surface area (Å²) in [5.41, 5.74) is 2.34. The third-order valence-corrected chi connectivity index (χ3v) is 5.37. The van der Waals surface area contributed by atoms with E-state index in [9.17, 15) is 4.79 Å². The normalized spacial score (nSPS) is 10.7. The van der Waals surface area contributed by atoms with Crippen molar-refractivity contribution in [3.63, 3.8) is 0 Å². The van der Waals surface area contributed by atoms with E-state index in [-0.39, 0.29) is 5.91 Å². The van der Waals surface area contributed by atoms with Crippen molar-refractivity contribution in [2.45, 2.75) is 13.1 Å². The molecule has 1 amide bonds. The summed E-state index contributed by atoms with van der Waals surface area (Å²) in [6.07, 6.45) is 1.61. The summed E-state index contributed by atoms with van der Waals surface area (Å²) < 4.78 is 10.9. The lowest BCUT2D eigenvalue weighted by Crippen LogP contribution is -2.30. The Labute approximate surface area is 173 Å². The molecule has 0 bridgehead atoms. The molecule has 29 heavy (non-hydrogen) atoms. The van der Waals surface area contributed by atoms with Gasteiger partial charge in [0.15, 0.2) is 0 Å². The molecule has 0 fully saturated rings. The number of ether oxygens (including phenoxy) is 1. The molecule has 0 aliphatic carbocycles. The number of carbonyl (C=O) groups is 1. The van der Waals surface area contributed by atoms with Gasteiger partial charge in [-0.3, -0.25) is 4.79 Å². The van der Waals surface area contributed by atoms with E-state index in [1.165, 1.54) is 11.3 Å². The number of para-hydroxylation sites is 1. The maximum Gasteiger partial charge on any atom is 0.274 e. The van der Waals surface area contributed by atoms with Gasteiger partial charge in [-0.2, -0.15) is 0 Å². The molecular formula is C23H20N2O3S. The van der Waals surface area contributed by atoms with E-state index in [2.05, 4.69) is 4.98 Å². The van der Waals surface area contributed by atoms with E-state index in [1.807, 2.05) is 66.7 Å². The third-order valence-electron chi connectivity index (χ3n) is 4.49. The van der Waals surface area contributed by atoms with Crippen LogP contribution >= 0.6 is 11.3 Å². The lowest BCUT2D eigenvalue weighted by atomic mass is 10.2. The zero-order valence-corrected chi connectivity index (χ0v) is 16.8. The van der Waals surface area contributed by atoms with Crippen molar-refractivity contribution in [1.29, 1.82) is 0 Å². The number of amides is 1. The van der Waals surface area contributed by atoms with E-state index in [1.54, 1.807) is 23.7 Å². The molecule has 6 heteroatoms. The number of benzene rings is 2. The van der Waals surface area contributed by atoms with Crippen molar-refractivity contribution in [1.82, 2.24) is 9.88 Å². The van der Waals surface area contributed by atoms with E-state index >= 15 is 0 Å². The van der Waals surface area contributed by atoms with Crippen molar-refractivity contribution in [3.05, 3.63) is 95.4 Å². The zero-order valence-electron chi connectivity index (χ0n) is 15.9. The largest absolute Gasteiger partial charge is 0.496 e. The summed E-state index contributed by atoms with van der Waals surface area (Å²) in [4.78, 5) is 19.6. The molecule has 5 nitrogen and oxygen atoms in total. The van der Waals surface area contributed by atoms with Crippen LogP contribution in [0.3, 0.4) is 0 Å². The highest BCUT2D eigenvalue weighted by Gasteiger charge is 2.21. The van der Waals surface area contributed by atoms with Crippen LogP contribution in [0.15, 0.2) is 82.8 Å². The van der Waals surface area contributed by atoms with Crippen LogP contribution in [0.4, 0.5) is 0 Å². The maximum atomic E-state index is 13.3. The Balaban J connectivity index is 1.61. The Morgan fingerprint density at radius 2 is 1.83 bits per heavy atom. The van der Waals surface area contributed by atoms with Gasteiger partial charge in [0.05, 0.1) is 25.5 Å². The van der Waals surface area contributed by atoms with Crippen molar-refractivity contribution in [3.8, 4) is 16.3 Å². The van der Waals surface area contributed by atoms with Crippen LogP contribution in [0.2, 0.25) is 0 Å². The van der Waals surface area contributed by atoms with Crippen LogP contribution in [-0.4, -0.2) is 22.9 Å². The number of rotatable bonds is 7. The molecule has 4 aromatic rings. The summed E-state index contributed by atoms with van der Waals surface area (Å²) in [5.74, 6) is 1.33. The summed E-state index contributed by atoms with van der Waals surface area (Å²) in [7, 11) is 1.63. The topological polar surface area (TPSA) is 55.6 Å². The molecule has 2 aromatic heterocycles. The SMILES string of the molecule is COc1ccccc1-c1nc(C(=O)N(Cc2ccccc2)Cc2ccco2)cs1. The second-order valence-electron chi connectivity index (χ2n) is 6.46. The van der Waals surface area contributed by atoms with Crippen LogP contribution in [-0.2, 0) is 13.1 Å². The quantitative estimate of drug-likeness (QED) is 0.422. The van der Waals surface area contributed by atoms with Crippen molar-refractivity contribution in [2.24, 2.45) is 0 Å². The van der Waals surface area contributed by atoms with E-state index in [0.717, 1.165) is 27.6 Å². The number of aromatic nitrogens is 1. The smallest absolute Gasteiger partial charge is 0.274 e. The fourth-order valence-electron chi connectivity index (χ4n) is 3.07. The molecule has 0 N–H and O–H groups in total. The standard InChI is InChI=1S/C23H20N2O3S/c1-27-21-12-6-5-11-19(21)22-24-20(16-29-22)23(26)25(15-18-10-7-13-28-18)14-17-8-3-2-4-9-17/h2-13,16H,14-15H2,1H3. The Kier molecular flexibility index (Phi) is 5.72. The molecular weight excluding hydrogens is 384 g/mol. The molecule has 146 valence electrons. The zero-order chi connectivity index (χ0) is 20.1. The van der Waals surface area contributed by atoms with Crippen molar-refractivity contribution in [2.75, 3.05) is 7.11 Å².